The maximum absolute atomic E-state index is 9.70. The maximum atomic E-state index is 9.70. The van der Waals surface area contributed by atoms with E-state index in [0.717, 1.165) is 0 Å². The van der Waals surface area contributed by atoms with Gasteiger partial charge in [-0.15, -0.1) is 0 Å². The molecule has 0 aliphatic heterocycles. The SMILES string of the molecule is CCC(O)(CCCO)COP. The van der Waals surface area contributed by atoms with Crippen molar-refractivity contribution in [2.75, 3.05) is 13.2 Å². The number of hydrogen-bond donors (Lipinski definition) is 2. The second kappa shape index (κ2) is 5.90. The van der Waals surface area contributed by atoms with Gasteiger partial charge in [-0.05, 0) is 19.3 Å². The summed E-state index contributed by atoms with van der Waals surface area (Å²) in [7, 11) is 2.11. The van der Waals surface area contributed by atoms with E-state index in [2.05, 4.69) is 9.47 Å². The van der Waals surface area contributed by atoms with Crippen LogP contribution in [0.4, 0.5) is 0 Å². The van der Waals surface area contributed by atoms with Crippen LogP contribution in [0.2, 0.25) is 0 Å². The molecular weight excluding hydrogens is 163 g/mol. The lowest BCUT2D eigenvalue weighted by atomic mass is 9.96. The largest absolute Gasteiger partial charge is 0.396 e. The van der Waals surface area contributed by atoms with Gasteiger partial charge in [0.05, 0.1) is 12.2 Å². The fourth-order valence-corrected chi connectivity index (χ4v) is 1.22. The highest BCUT2D eigenvalue weighted by atomic mass is 31.0. The van der Waals surface area contributed by atoms with E-state index < -0.39 is 5.60 Å². The Kier molecular flexibility index (Phi) is 6.06. The topological polar surface area (TPSA) is 49.7 Å². The van der Waals surface area contributed by atoms with Gasteiger partial charge < -0.3 is 14.7 Å². The highest BCUT2D eigenvalue weighted by Crippen LogP contribution is 2.18. The lowest BCUT2D eigenvalue weighted by molar-refractivity contribution is -0.0145. The van der Waals surface area contributed by atoms with Gasteiger partial charge in [0, 0.05) is 16.1 Å². The average Bonchev–Trinajstić information content (AvgIpc) is 2.02. The van der Waals surface area contributed by atoms with Crippen LogP contribution < -0.4 is 0 Å². The van der Waals surface area contributed by atoms with Crippen molar-refractivity contribution >= 4 is 9.47 Å². The Morgan fingerprint density at radius 3 is 2.55 bits per heavy atom. The van der Waals surface area contributed by atoms with Crippen LogP contribution in [-0.2, 0) is 4.52 Å². The first-order valence-electron chi connectivity index (χ1n) is 3.83. The lowest BCUT2D eigenvalue weighted by Gasteiger charge is -2.25. The Hall–Kier alpha value is 0.310. The Bertz CT molecular complexity index is 99.7. The number of hydrogen-bond acceptors (Lipinski definition) is 3. The summed E-state index contributed by atoms with van der Waals surface area (Å²) in [5.41, 5.74) is -0.759. The van der Waals surface area contributed by atoms with Crippen molar-refractivity contribution < 1.29 is 14.7 Å². The van der Waals surface area contributed by atoms with Crippen molar-refractivity contribution in [2.24, 2.45) is 0 Å². The molecule has 0 saturated carbocycles. The third-order valence-electron chi connectivity index (χ3n) is 1.81. The normalized spacial score (nSPS) is 16.4. The van der Waals surface area contributed by atoms with Crippen LogP contribution in [0.25, 0.3) is 0 Å². The van der Waals surface area contributed by atoms with Crippen LogP contribution in [0.1, 0.15) is 26.2 Å². The Morgan fingerprint density at radius 2 is 2.18 bits per heavy atom. The molecule has 0 aromatic heterocycles. The molecule has 0 rings (SSSR count). The summed E-state index contributed by atoms with van der Waals surface area (Å²) >= 11 is 0. The monoisotopic (exact) mass is 180 g/mol. The highest BCUT2D eigenvalue weighted by molar-refractivity contribution is 7.09. The standard InChI is InChI=1S/C7H17O3P/c1-2-7(9,6-10-11)4-3-5-8/h8-9H,2-6,11H2,1H3. The molecule has 0 spiro atoms. The van der Waals surface area contributed by atoms with Gasteiger partial charge >= 0.3 is 0 Å². The molecule has 0 amide bonds. The predicted molar refractivity (Wildman–Crippen MR) is 47.2 cm³/mol. The second-order valence-corrected chi connectivity index (χ2v) is 3.05. The average molecular weight is 180 g/mol. The first kappa shape index (κ1) is 11.3. The van der Waals surface area contributed by atoms with E-state index in [0.29, 0.717) is 25.9 Å². The quantitative estimate of drug-likeness (QED) is 0.592. The number of aliphatic hydroxyl groups is 2. The minimum atomic E-state index is -0.759. The van der Waals surface area contributed by atoms with Gasteiger partial charge in [0.2, 0.25) is 0 Å². The van der Waals surface area contributed by atoms with E-state index in [9.17, 15) is 5.11 Å². The van der Waals surface area contributed by atoms with Gasteiger partial charge in [-0.25, -0.2) is 0 Å². The van der Waals surface area contributed by atoms with Crippen molar-refractivity contribution in [2.45, 2.75) is 31.8 Å². The second-order valence-electron chi connectivity index (χ2n) is 2.72. The zero-order chi connectivity index (χ0) is 8.74. The summed E-state index contributed by atoms with van der Waals surface area (Å²) in [4.78, 5) is 0. The first-order chi connectivity index (χ1) is 5.18. The van der Waals surface area contributed by atoms with Gasteiger partial charge in [-0.2, -0.15) is 0 Å². The molecule has 0 aromatic rings. The van der Waals surface area contributed by atoms with E-state index in [1.54, 1.807) is 0 Å². The van der Waals surface area contributed by atoms with Gasteiger partial charge in [0.15, 0.2) is 0 Å². The summed E-state index contributed by atoms with van der Waals surface area (Å²) in [5, 5.41) is 18.2. The number of aliphatic hydroxyl groups excluding tert-OH is 1. The minimum Gasteiger partial charge on any atom is -0.396 e. The van der Waals surface area contributed by atoms with Crippen molar-refractivity contribution in [3.63, 3.8) is 0 Å². The molecule has 0 bridgehead atoms. The summed E-state index contributed by atoms with van der Waals surface area (Å²) in [5.74, 6) is 0. The van der Waals surface area contributed by atoms with Crippen molar-refractivity contribution in [3.05, 3.63) is 0 Å². The zero-order valence-corrected chi connectivity index (χ0v) is 8.07. The van der Waals surface area contributed by atoms with Gasteiger partial charge in [-0.1, -0.05) is 6.92 Å². The molecule has 2 unspecified atom stereocenters. The molecule has 4 heteroatoms. The molecule has 68 valence electrons. The van der Waals surface area contributed by atoms with Crippen molar-refractivity contribution in [1.29, 1.82) is 0 Å². The summed E-state index contributed by atoms with van der Waals surface area (Å²) in [6.07, 6.45) is 1.87. The third-order valence-corrected chi connectivity index (χ3v) is 1.98. The van der Waals surface area contributed by atoms with Crippen LogP contribution in [-0.4, -0.2) is 29.0 Å². The smallest absolute Gasteiger partial charge is 0.0881 e. The molecule has 0 heterocycles. The van der Waals surface area contributed by atoms with E-state index in [4.69, 9.17) is 9.63 Å². The van der Waals surface area contributed by atoms with Crippen LogP contribution in [0.15, 0.2) is 0 Å². The molecule has 11 heavy (non-hydrogen) atoms. The molecular formula is C7H17O3P. The fraction of sp³-hybridized carbons (Fsp3) is 1.00. The van der Waals surface area contributed by atoms with E-state index in [-0.39, 0.29) is 6.61 Å². The Labute approximate surface area is 70.0 Å². The fourth-order valence-electron chi connectivity index (χ4n) is 0.914. The predicted octanol–water partition coefficient (Wildman–Crippen LogP) is 0.707. The van der Waals surface area contributed by atoms with E-state index in [1.165, 1.54) is 0 Å². The summed E-state index contributed by atoms with van der Waals surface area (Å²) in [6, 6.07) is 0. The van der Waals surface area contributed by atoms with Crippen LogP contribution in [0.3, 0.4) is 0 Å². The first-order valence-corrected chi connectivity index (χ1v) is 4.30. The van der Waals surface area contributed by atoms with Crippen LogP contribution >= 0.6 is 9.47 Å². The molecule has 0 aliphatic carbocycles. The number of rotatable bonds is 6. The van der Waals surface area contributed by atoms with Crippen molar-refractivity contribution in [1.82, 2.24) is 0 Å². The molecule has 0 aromatic carbocycles. The van der Waals surface area contributed by atoms with Crippen LogP contribution in [0.5, 0.6) is 0 Å². The van der Waals surface area contributed by atoms with Gasteiger partial charge in [-0.3, -0.25) is 0 Å². The molecule has 2 atom stereocenters. The van der Waals surface area contributed by atoms with Crippen molar-refractivity contribution in [3.8, 4) is 0 Å². The molecule has 0 fully saturated rings. The summed E-state index contributed by atoms with van der Waals surface area (Å²) in [6.45, 7) is 2.34. The van der Waals surface area contributed by atoms with E-state index >= 15 is 0 Å². The molecule has 0 aliphatic rings. The third kappa shape index (κ3) is 4.70. The van der Waals surface area contributed by atoms with Crippen LogP contribution in [0, 0.1) is 0 Å². The molecule has 0 radical (unpaired) electrons. The molecule has 0 saturated heterocycles. The Balaban J connectivity index is 3.68. The maximum Gasteiger partial charge on any atom is 0.0881 e. The van der Waals surface area contributed by atoms with Gasteiger partial charge in [0.1, 0.15) is 0 Å². The van der Waals surface area contributed by atoms with Gasteiger partial charge in [0.25, 0.3) is 0 Å². The summed E-state index contributed by atoms with van der Waals surface area (Å²) < 4.78 is 4.78. The minimum absolute atomic E-state index is 0.124. The Morgan fingerprint density at radius 1 is 1.55 bits per heavy atom. The zero-order valence-electron chi connectivity index (χ0n) is 6.92. The highest BCUT2D eigenvalue weighted by Gasteiger charge is 2.23. The molecule has 3 nitrogen and oxygen atoms in total. The molecule has 2 N–H and O–H groups in total. The lowest BCUT2D eigenvalue weighted by Crippen LogP contribution is -2.32. The van der Waals surface area contributed by atoms with E-state index in [1.807, 2.05) is 6.92 Å².